The molecular weight excluding hydrogens is 366 g/mol. The molecule has 0 atom stereocenters. The Morgan fingerprint density at radius 3 is 2.70 bits per heavy atom. The molecule has 2 heterocycles. The van der Waals surface area contributed by atoms with Crippen LogP contribution in [0.15, 0.2) is 47.7 Å². The molecule has 3 aromatic rings. The molecule has 3 rings (SSSR count). The van der Waals surface area contributed by atoms with E-state index in [1.807, 2.05) is 45.0 Å². The fourth-order valence-corrected chi connectivity index (χ4v) is 3.03. The first-order valence-corrected chi connectivity index (χ1v) is 8.60. The maximum absolute atomic E-state index is 10.6. The van der Waals surface area contributed by atoms with E-state index in [0.717, 1.165) is 33.2 Å². The number of pyridine rings is 1. The molecule has 1 N–H and O–H groups in total. The van der Waals surface area contributed by atoms with Gasteiger partial charge < -0.3 is 4.57 Å². The van der Waals surface area contributed by atoms with E-state index in [2.05, 4.69) is 20.1 Å². The van der Waals surface area contributed by atoms with E-state index in [4.69, 9.17) is 11.6 Å². The van der Waals surface area contributed by atoms with Crippen LogP contribution in [0.2, 0.25) is 5.02 Å². The average Bonchev–Trinajstić information content (AvgIpc) is 2.92. The van der Waals surface area contributed by atoms with E-state index in [9.17, 15) is 10.1 Å². The van der Waals surface area contributed by atoms with Crippen LogP contribution in [0.4, 0.5) is 11.5 Å². The molecule has 1 aromatic carbocycles. The molecule has 0 amide bonds. The Balaban J connectivity index is 1.83. The van der Waals surface area contributed by atoms with Crippen LogP contribution >= 0.6 is 11.6 Å². The first-order valence-electron chi connectivity index (χ1n) is 8.22. The molecule has 0 spiro atoms. The standard InChI is InChI=1S/C19H18ClN5O2/c1-12-9-15(10-22-23-19-8-7-16(11-21-19)25(26)27)14(3)24(12)18-6-4-5-17(20)13(18)2/h4-11H,1-3H3,(H,21,23)/b22-10+. The lowest BCUT2D eigenvalue weighted by Gasteiger charge is -2.13. The number of aromatic nitrogens is 2. The van der Waals surface area contributed by atoms with Gasteiger partial charge >= 0.3 is 0 Å². The Labute approximate surface area is 161 Å². The van der Waals surface area contributed by atoms with Crippen LogP contribution < -0.4 is 5.43 Å². The molecule has 7 nitrogen and oxygen atoms in total. The average molecular weight is 384 g/mol. The monoisotopic (exact) mass is 383 g/mol. The predicted molar refractivity (Wildman–Crippen MR) is 107 cm³/mol. The van der Waals surface area contributed by atoms with Gasteiger partial charge in [0.25, 0.3) is 5.69 Å². The third-order valence-corrected chi connectivity index (χ3v) is 4.70. The Kier molecular flexibility index (Phi) is 5.23. The fourth-order valence-electron chi connectivity index (χ4n) is 2.86. The summed E-state index contributed by atoms with van der Waals surface area (Å²) in [4.78, 5) is 14.1. The summed E-state index contributed by atoms with van der Waals surface area (Å²) in [6.45, 7) is 6.03. The van der Waals surface area contributed by atoms with Gasteiger partial charge in [0.1, 0.15) is 12.0 Å². The van der Waals surface area contributed by atoms with Crippen LogP contribution in [0.5, 0.6) is 0 Å². The lowest BCUT2D eigenvalue weighted by molar-refractivity contribution is -0.385. The van der Waals surface area contributed by atoms with Crippen molar-refractivity contribution in [2.45, 2.75) is 20.8 Å². The number of nitrogens with one attached hydrogen (secondary N) is 1. The molecule has 0 unspecified atom stereocenters. The molecule has 0 bridgehead atoms. The van der Waals surface area contributed by atoms with Gasteiger partial charge in [0.15, 0.2) is 0 Å². The number of aryl methyl sites for hydroxylation is 1. The number of nitrogens with zero attached hydrogens (tertiary/aromatic N) is 4. The van der Waals surface area contributed by atoms with Crippen molar-refractivity contribution in [3.8, 4) is 5.69 Å². The highest BCUT2D eigenvalue weighted by molar-refractivity contribution is 6.31. The molecule has 8 heteroatoms. The van der Waals surface area contributed by atoms with E-state index < -0.39 is 4.92 Å². The van der Waals surface area contributed by atoms with Gasteiger partial charge in [0, 0.05) is 33.7 Å². The van der Waals surface area contributed by atoms with Gasteiger partial charge in [-0.3, -0.25) is 15.5 Å². The van der Waals surface area contributed by atoms with Gasteiger partial charge in [0.05, 0.1) is 11.1 Å². The summed E-state index contributed by atoms with van der Waals surface area (Å²) < 4.78 is 2.13. The van der Waals surface area contributed by atoms with Gasteiger partial charge in [-0.05, 0) is 50.6 Å². The van der Waals surface area contributed by atoms with Crippen molar-refractivity contribution in [1.29, 1.82) is 0 Å². The SMILES string of the molecule is Cc1c(Cl)cccc1-n1c(C)cc(/C=N/Nc2ccc([N+](=O)[O-])cn2)c1C. The van der Waals surface area contributed by atoms with Crippen LogP contribution in [0.3, 0.4) is 0 Å². The topological polar surface area (TPSA) is 85.3 Å². The maximum atomic E-state index is 10.6. The summed E-state index contributed by atoms with van der Waals surface area (Å²) in [7, 11) is 0. The summed E-state index contributed by atoms with van der Waals surface area (Å²) in [5.74, 6) is 0.427. The Hall–Kier alpha value is -3.19. The van der Waals surface area contributed by atoms with E-state index >= 15 is 0 Å². The second kappa shape index (κ2) is 7.59. The first kappa shape index (κ1) is 18.6. The lowest BCUT2D eigenvalue weighted by Crippen LogP contribution is -2.02. The van der Waals surface area contributed by atoms with Gasteiger partial charge in [0.2, 0.25) is 0 Å². The zero-order valence-corrected chi connectivity index (χ0v) is 15.9. The van der Waals surface area contributed by atoms with Gasteiger partial charge in [-0.25, -0.2) is 4.98 Å². The molecule has 138 valence electrons. The van der Waals surface area contributed by atoms with Crippen molar-refractivity contribution in [1.82, 2.24) is 9.55 Å². The normalized spacial score (nSPS) is 11.1. The first-order chi connectivity index (χ1) is 12.9. The largest absolute Gasteiger partial charge is 0.318 e. The molecule has 0 aliphatic rings. The quantitative estimate of drug-likeness (QED) is 0.389. The summed E-state index contributed by atoms with van der Waals surface area (Å²) in [6.07, 6.45) is 2.88. The van der Waals surface area contributed by atoms with Crippen molar-refractivity contribution >= 4 is 29.3 Å². The highest BCUT2D eigenvalue weighted by atomic mass is 35.5. The molecule has 27 heavy (non-hydrogen) atoms. The Morgan fingerprint density at radius 2 is 2.04 bits per heavy atom. The second-order valence-electron chi connectivity index (χ2n) is 6.07. The number of hydrogen-bond donors (Lipinski definition) is 1. The van der Waals surface area contributed by atoms with E-state index in [-0.39, 0.29) is 5.69 Å². The smallest absolute Gasteiger partial charge is 0.287 e. The minimum absolute atomic E-state index is 0.0648. The number of hydrogen-bond acceptors (Lipinski definition) is 5. The minimum Gasteiger partial charge on any atom is -0.318 e. The van der Waals surface area contributed by atoms with E-state index in [1.54, 1.807) is 6.21 Å². The van der Waals surface area contributed by atoms with Crippen molar-refractivity contribution in [2.24, 2.45) is 5.10 Å². The molecule has 0 saturated carbocycles. The van der Waals surface area contributed by atoms with Gasteiger partial charge in [-0.15, -0.1) is 0 Å². The predicted octanol–water partition coefficient (Wildman–Crippen LogP) is 4.81. The third-order valence-electron chi connectivity index (χ3n) is 4.29. The van der Waals surface area contributed by atoms with Gasteiger partial charge in [-0.1, -0.05) is 17.7 Å². The summed E-state index contributed by atoms with van der Waals surface area (Å²) >= 11 is 6.26. The number of rotatable bonds is 5. The van der Waals surface area contributed by atoms with Crippen LogP contribution in [0, 0.1) is 30.9 Å². The molecule has 0 fully saturated rings. The number of nitro groups is 1. The Morgan fingerprint density at radius 1 is 1.26 bits per heavy atom. The van der Waals surface area contributed by atoms with Crippen molar-refractivity contribution in [2.75, 3.05) is 5.43 Å². The minimum atomic E-state index is -0.493. The van der Waals surface area contributed by atoms with Gasteiger partial charge in [-0.2, -0.15) is 5.10 Å². The number of hydrazone groups is 1. The summed E-state index contributed by atoms with van der Waals surface area (Å²) in [6, 6.07) is 10.7. The number of anilines is 1. The van der Waals surface area contributed by atoms with Crippen molar-refractivity contribution in [3.63, 3.8) is 0 Å². The Bertz CT molecular complexity index is 1030. The van der Waals surface area contributed by atoms with Crippen LogP contribution in [0.25, 0.3) is 5.69 Å². The third kappa shape index (κ3) is 3.83. The zero-order valence-electron chi connectivity index (χ0n) is 15.1. The van der Waals surface area contributed by atoms with Crippen molar-refractivity contribution in [3.05, 3.63) is 80.2 Å². The van der Waals surface area contributed by atoms with Crippen LogP contribution in [-0.2, 0) is 0 Å². The van der Waals surface area contributed by atoms with E-state index in [1.165, 1.54) is 18.3 Å². The molecule has 2 aromatic heterocycles. The maximum Gasteiger partial charge on any atom is 0.287 e. The fraction of sp³-hybridized carbons (Fsp3) is 0.158. The highest BCUT2D eigenvalue weighted by Gasteiger charge is 2.12. The molecule has 0 aliphatic carbocycles. The molecule has 0 radical (unpaired) electrons. The van der Waals surface area contributed by atoms with Crippen LogP contribution in [-0.4, -0.2) is 20.7 Å². The molecular formula is C19H18ClN5O2. The molecule has 0 aliphatic heterocycles. The van der Waals surface area contributed by atoms with E-state index in [0.29, 0.717) is 5.82 Å². The van der Waals surface area contributed by atoms with Crippen LogP contribution in [0.1, 0.15) is 22.5 Å². The summed E-state index contributed by atoms with van der Waals surface area (Å²) in [5.41, 5.74) is 7.79. The summed E-state index contributed by atoms with van der Waals surface area (Å²) in [5, 5.41) is 15.6. The second-order valence-corrected chi connectivity index (χ2v) is 6.48. The number of halogens is 1. The lowest BCUT2D eigenvalue weighted by atomic mass is 10.2. The molecule has 0 saturated heterocycles. The highest BCUT2D eigenvalue weighted by Crippen LogP contribution is 2.26. The number of benzene rings is 1. The zero-order chi connectivity index (χ0) is 19.6. The van der Waals surface area contributed by atoms with Crippen molar-refractivity contribution < 1.29 is 4.92 Å².